The highest BCUT2D eigenvalue weighted by molar-refractivity contribution is 5.31. The zero-order valence-corrected chi connectivity index (χ0v) is 13.0. The van der Waals surface area contributed by atoms with Crippen molar-refractivity contribution in [2.24, 2.45) is 0 Å². The van der Waals surface area contributed by atoms with Crippen LogP contribution in [-0.4, -0.2) is 12.2 Å². The summed E-state index contributed by atoms with van der Waals surface area (Å²) in [7, 11) is 1.69. The lowest BCUT2D eigenvalue weighted by Gasteiger charge is -2.21. The van der Waals surface area contributed by atoms with Gasteiger partial charge in [0.1, 0.15) is 11.5 Å². The first-order chi connectivity index (χ1) is 10.1. The maximum atomic E-state index is 9.38. The van der Waals surface area contributed by atoms with Gasteiger partial charge in [0.05, 0.1) is 7.11 Å². The standard InChI is InChI=1S/C19H24O2/c1-4-15(17-7-11-19(21-3)12-8-17)13-14(2)16-5-9-18(20)10-6-16/h5-12,14-15,20H,4,13H2,1-3H3. The van der Waals surface area contributed by atoms with E-state index in [1.165, 1.54) is 11.1 Å². The molecule has 0 aliphatic heterocycles. The molecular formula is C19H24O2. The molecule has 0 bridgehead atoms. The van der Waals surface area contributed by atoms with Crippen molar-refractivity contribution < 1.29 is 9.84 Å². The summed E-state index contributed by atoms with van der Waals surface area (Å²) in [5.74, 6) is 2.24. The van der Waals surface area contributed by atoms with Crippen molar-refractivity contribution in [2.45, 2.75) is 38.5 Å². The van der Waals surface area contributed by atoms with Gasteiger partial charge in [0.25, 0.3) is 0 Å². The van der Waals surface area contributed by atoms with E-state index in [1.807, 2.05) is 24.3 Å². The van der Waals surface area contributed by atoms with Gasteiger partial charge in [-0.05, 0) is 60.1 Å². The van der Waals surface area contributed by atoms with Gasteiger partial charge in [-0.1, -0.05) is 38.1 Å². The Hall–Kier alpha value is -1.96. The molecule has 2 unspecified atom stereocenters. The number of aromatic hydroxyl groups is 1. The molecule has 0 saturated carbocycles. The molecule has 21 heavy (non-hydrogen) atoms. The number of methoxy groups -OCH3 is 1. The molecule has 1 N–H and O–H groups in total. The van der Waals surface area contributed by atoms with Crippen LogP contribution in [0.5, 0.6) is 11.5 Å². The Labute approximate surface area is 127 Å². The van der Waals surface area contributed by atoms with E-state index in [0.29, 0.717) is 17.6 Å². The largest absolute Gasteiger partial charge is 0.508 e. The smallest absolute Gasteiger partial charge is 0.118 e. The van der Waals surface area contributed by atoms with Gasteiger partial charge in [0, 0.05) is 0 Å². The van der Waals surface area contributed by atoms with Gasteiger partial charge in [0.2, 0.25) is 0 Å². The predicted octanol–water partition coefficient (Wildman–Crippen LogP) is 5.09. The van der Waals surface area contributed by atoms with Crippen molar-refractivity contribution in [2.75, 3.05) is 7.11 Å². The highest BCUT2D eigenvalue weighted by Crippen LogP contribution is 2.33. The molecule has 0 aromatic heterocycles. The molecule has 0 aliphatic carbocycles. The first kappa shape index (κ1) is 15.4. The molecule has 2 atom stereocenters. The number of phenolic OH excluding ortho intramolecular Hbond substituents is 1. The number of hydrogen-bond donors (Lipinski definition) is 1. The van der Waals surface area contributed by atoms with Crippen LogP contribution in [0.2, 0.25) is 0 Å². The van der Waals surface area contributed by atoms with Crippen molar-refractivity contribution >= 4 is 0 Å². The second-order valence-corrected chi connectivity index (χ2v) is 5.61. The van der Waals surface area contributed by atoms with Crippen LogP contribution in [0, 0.1) is 0 Å². The Balaban J connectivity index is 2.08. The van der Waals surface area contributed by atoms with Gasteiger partial charge in [-0.2, -0.15) is 0 Å². The van der Waals surface area contributed by atoms with Crippen LogP contribution in [0.3, 0.4) is 0 Å². The van der Waals surface area contributed by atoms with Crippen LogP contribution >= 0.6 is 0 Å². The lowest BCUT2D eigenvalue weighted by molar-refractivity contribution is 0.414. The Bertz CT molecular complexity index is 543. The van der Waals surface area contributed by atoms with E-state index in [0.717, 1.165) is 18.6 Å². The van der Waals surface area contributed by atoms with Crippen molar-refractivity contribution in [3.8, 4) is 11.5 Å². The van der Waals surface area contributed by atoms with Crippen LogP contribution < -0.4 is 4.74 Å². The number of hydrogen-bond acceptors (Lipinski definition) is 2. The fourth-order valence-electron chi connectivity index (χ4n) is 2.78. The SMILES string of the molecule is CCC(CC(C)c1ccc(O)cc1)c1ccc(OC)cc1. The minimum Gasteiger partial charge on any atom is -0.508 e. The summed E-state index contributed by atoms with van der Waals surface area (Å²) in [6.45, 7) is 4.48. The van der Waals surface area contributed by atoms with Gasteiger partial charge in [-0.3, -0.25) is 0 Å². The lowest BCUT2D eigenvalue weighted by Crippen LogP contribution is -2.03. The fraction of sp³-hybridized carbons (Fsp3) is 0.368. The van der Waals surface area contributed by atoms with Crippen LogP contribution in [0.4, 0.5) is 0 Å². The molecule has 2 heteroatoms. The third-order valence-electron chi connectivity index (χ3n) is 4.18. The van der Waals surface area contributed by atoms with Crippen LogP contribution in [0.15, 0.2) is 48.5 Å². The number of benzene rings is 2. The molecule has 0 heterocycles. The zero-order chi connectivity index (χ0) is 15.2. The third kappa shape index (κ3) is 4.01. The summed E-state index contributed by atoms with van der Waals surface area (Å²) in [6, 6.07) is 15.9. The van der Waals surface area contributed by atoms with Crippen molar-refractivity contribution in [3.63, 3.8) is 0 Å². The van der Waals surface area contributed by atoms with E-state index in [4.69, 9.17) is 4.74 Å². The van der Waals surface area contributed by atoms with E-state index in [9.17, 15) is 5.11 Å². The molecule has 2 aromatic carbocycles. The first-order valence-electron chi connectivity index (χ1n) is 7.57. The summed E-state index contributed by atoms with van der Waals surface area (Å²) in [5.41, 5.74) is 2.64. The summed E-state index contributed by atoms with van der Waals surface area (Å²) < 4.78 is 5.22. The van der Waals surface area contributed by atoms with Gasteiger partial charge in [-0.15, -0.1) is 0 Å². The van der Waals surface area contributed by atoms with E-state index < -0.39 is 0 Å². The summed E-state index contributed by atoms with van der Waals surface area (Å²) in [6.07, 6.45) is 2.22. The highest BCUT2D eigenvalue weighted by Gasteiger charge is 2.15. The van der Waals surface area contributed by atoms with Crippen LogP contribution in [0.25, 0.3) is 0 Å². The maximum Gasteiger partial charge on any atom is 0.118 e. The summed E-state index contributed by atoms with van der Waals surface area (Å²) in [4.78, 5) is 0. The Kier molecular flexibility index (Phi) is 5.26. The minimum atomic E-state index is 0.327. The topological polar surface area (TPSA) is 29.5 Å². The molecule has 0 aliphatic rings. The maximum absolute atomic E-state index is 9.38. The Morgan fingerprint density at radius 3 is 2.05 bits per heavy atom. The van der Waals surface area contributed by atoms with E-state index >= 15 is 0 Å². The molecule has 2 rings (SSSR count). The van der Waals surface area contributed by atoms with Gasteiger partial charge in [0.15, 0.2) is 0 Å². The quantitative estimate of drug-likeness (QED) is 0.800. The molecule has 0 radical (unpaired) electrons. The van der Waals surface area contributed by atoms with Crippen molar-refractivity contribution in [3.05, 3.63) is 59.7 Å². The average molecular weight is 284 g/mol. The molecule has 2 aromatic rings. The van der Waals surface area contributed by atoms with E-state index in [1.54, 1.807) is 19.2 Å². The molecule has 0 spiro atoms. The highest BCUT2D eigenvalue weighted by atomic mass is 16.5. The van der Waals surface area contributed by atoms with E-state index in [2.05, 4.69) is 26.0 Å². The Morgan fingerprint density at radius 1 is 0.952 bits per heavy atom. The van der Waals surface area contributed by atoms with Crippen LogP contribution in [-0.2, 0) is 0 Å². The molecule has 0 fully saturated rings. The first-order valence-corrected chi connectivity index (χ1v) is 7.57. The average Bonchev–Trinajstić information content (AvgIpc) is 2.53. The predicted molar refractivity (Wildman–Crippen MR) is 87.2 cm³/mol. The zero-order valence-electron chi connectivity index (χ0n) is 13.0. The second-order valence-electron chi connectivity index (χ2n) is 5.61. The van der Waals surface area contributed by atoms with Gasteiger partial charge >= 0.3 is 0 Å². The second kappa shape index (κ2) is 7.16. The monoisotopic (exact) mass is 284 g/mol. The number of ether oxygens (including phenoxy) is 1. The molecular weight excluding hydrogens is 260 g/mol. The molecule has 0 saturated heterocycles. The molecule has 2 nitrogen and oxygen atoms in total. The van der Waals surface area contributed by atoms with Gasteiger partial charge in [-0.25, -0.2) is 0 Å². The molecule has 0 amide bonds. The molecule has 112 valence electrons. The Morgan fingerprint density at radius 2 is 1.52 bits per heavy atom. The van der Waals surface area contributed by atoms with Crippen molar-refractivity contribution in [1.82, 2.24) is 0 Å². The van der Waals surface area contributed by atoms with Crippen LogP contribution in [0.1, 0.15) is 49.7 Å². The lowest BCUT2D eigenvalue weighted by atomic mass is 9.84. The number of rotatable bonds is 6. The third-order valence-corrected chi connectivity index (χ3v) is 4.18. The number of phenols is 1. The summed E-state index contributed by atoms with van der Waals surface area (Å²) >= 11 is 0. The fourth-order valence-corrected chi connectivity index (χ4v) is 2.78. The van der Waals surface area contributed by atoms with E-state index in [-0.39, 0.29) is 0 Å². The summed E-state index contributed by atoms with van der Waals surface area (Å²) in [5, 5.41) is 9.38. The van der Waals surface area contributed by atoms with Gasteiger partial charge < -0.3 is 9.84 Å². The van der Waals surface area contributed by atoms with Crippen molar-refractivity contribution in [1.29, 1.82) is 0 Å². The normalized spacial score (nSPS) is 13.7. The minimum absolute atomic E-state index is 0.327.